The molecule has 16 heavy (non-hydrogen) atoms. The van der Waals surface area contributed by atoms with Crippen molar-refractivity contribution < 1.29 is 9.90 Å². The minimum atomic E-state index is 0.0966. The number of nitrogens with zero attached hydrogens (tertiary/aromatic N) is 1. The molecule has 1 atom stereocenters. The summed E-state index contributed by atoms with van der Waals surface area (Å²) in [6.07, 6.45) is 4.22. The van der Waals surface area contributed by atoms with Gasteiger partial charge in [0.1, 0.15) is 0 Å². The van der Waals surface area contributed by atoms with Crippen LogP contribution in [0.1, 0.15) is 46.5 Å². The highest BCUT2D eigenvalue weighted by Gasteiger charge is 2.31. The first kappa shape index (κ1) is 13.5. The van der Waals surface area contributed by atoms with Gasteiger partial charge in [-0.3, -0.25) is 4.79 Å². The van der Waals surface area contributed by atoms with E-state index in [0.29, 0.717) is 18.4 Å². The van der Waals surface area contributed by atoms with Crippen molar-refractivity contribution in [3.63, 3.8) is 0 Å². The Kier molecular flexibility index (Phi) is 5.26. The van der Waals surface area contributed by atoms with E-state index in [9.17, 15) is 4.79 Å². The molecular weight excluding hydrogens is 202 g/mol. The Hall–Kier alpha value is -0.570. The van der Waals surface area contributed by atoms with E-state index in [1.165, 1.54) is 6.42 Å². The van der Waals surface area contributed by atoms with E-state index in [4.69, 9.17) is 5.11 Å². The van der Waals surface area contributed by atoms with E-state index in [0.717, 1.165) is 19.4 Å². The third kappa shape index (κ3) is 3.21. The van der Waals surface area contributed by atoms with E-state index < -0.39 is 0 Å². The largest absolute Gasteiger partial charge is 0.396 e. The monoisotopic (exact) mass is 227 g/mol. The van der Waals surface area contributed by atoms with Crippen molar-refractivity contribution in [1.29, 1.82) is 0 Å². The van der Waals surface area contributed by atoms with Crippen molar-refractivity contribution in [3.05, 3.63) is 0 Å². The van der Waals surface area contributed by atoms with E-state index in [1.54, 1.807) is 0 Å². The molecule has 0 saturated heterocycles. The summed E-state index contributed by atoms with van der Waals surface area (Å²) >= 11 is 0. The van der Waals surface area contributed by atoms with Crippen LogP contribution in [0.25, 0.3) is 0 Å². The Bertz CT molecular complexity index is 224. The number of carbonyl (C=O) groups is 1. The SMILES string of the molecule is CC(C)C(C)C(=O)N(CCCO)C1CCC1. The van der Waals surface area contributed by atoms with Crippen LogP contribution >= 0.6 is 0 Å². The minimum Gasteiger partial charge on any atom is -0.396 e. The van der Waals surface area contributed by atoms with Crippen LogP contribution in [-0.2, 0) is 4.79 Å². The third-order valence-corrected chi connectivity index (χ3v) is 3.75. The van der Waals surface area contributed by atoms with Gasteiger partial charge in [0, 0.05) is 25.1 Å². The van der Waals surface area contributed by atoms with Crippen molar-refractivity contribution in [2.75, 3.05) is 13.2 Å². The third-order valence-electron chi connectivity index (χ3n) is 3.75. The maximum atomic E-state index is 12.3. The molecule has 1 aliphatic carbocycles. The lowest BCUT2D eigenvalue weighted by molar-refractivity contribution is -0.140. The molecule has 0 aromatic heterocycles. The fraction of sp³-hybridized carbons (Fsp3) is 0.923. The standard InChI is InChI=1S/C13H25NO2/c1-10(2)11(3)13(16)14(8-5-9-15)12-6-4-7-12/h10-12,15H,4-9H2,1-3H3. The predicted molar refractivity (Wildman–Crippen MR) is 65.1 cm³/mol. The van der Waals surface area contributed by atoms with Gasteiger partial charge in [-0.2, -0.15) is 0 Å². The van der Waals surface area contributed by atoms with Gasteiger partial charge in [-0.1, -0.05) is 20.8 Å². The van der Waals surface area contributed by atoms with E-state index in [-0.39, 0.29) is 18.4 Å². The number of rotatable bonds is 6. The van der Waals surface area contributed by atoms with Crippen LogP contribution in [0.15, 0.2) is 0 Å². The Balaban J connectivity index is 2.56. The van der Waals surface area contributed by atoms with Crippen LogP contribution in [0.4, 0.5) is 0 Å². The molecule has 1 aliphatic rings. The molecule has 1 saturated carbocycles. The molecule has 0 heterocycles. The highest BCUT2D eigenvalue weighted by molar-refractivity contribution is 5.79. The number of hydrogen-bond acceptors (Lipinski definition) is 2. The van der Waals surface area contributed by atoms with Gasteiger partial charge in [0.15, 0.2) is 0 Å². The average Bonchev–Trinajstić information content (AvgIpc) is 2.18. The molecule has 1 rings (SSSR count). The summed E-state index contributed by atoms with van der Waals surface area (Å²) in [5, 5.41) is 8.88. The van der Waals surface area contributed by atoms with Gasteiger partial charge in [0.2, 0.25) is 5.91 Å². The smallest absolute Gasteiger partial charge is 0.225 e. The van der Waals surface area contributed by atoms with Crippen LogP contribution in [0, 0.1) is 11.8 Å². The van der Waals surface area contributed by atoms with E-state index in [1.807, 2.05) is 11.8 Å². The lowest BCUT2D eigenvalue weighted by Gasteiger charge is -2.39. The molecule has 3 heteroatoms. The molecule has 3 nitrogen and oxygen atoms in total. The number of aliphatic hydroxyl groups is 1. The van der Waals surface area contributed by atoms with Gasteiger partial charge in [-0.15, -0.1) is 0 Å². The fourth-order valence-corrected chi connectivity index (χ4v) is 1.96. The first-order chi connectivity index (χ1) is 7.57. The topological polar surface area (TPSA) is 40.5 Å². The molecule has 1 amide bonds. The summed E-state index contributed by atoms with van der Waals surface area (Å²) in [6, 6.07) is 0.445. The highest BCUT2D eigenvalue weighted by atomic mass is 16.3. The van der Waals surface area contributed by atoms with Gasteiger partial charge < -0.3 is 10.0 Å². The van der Waals surface area contributed by atoms with Crippen molar-refractivity contribution in [1.82, 2.24) is 4.90 Å². The van der Waals surface area contributed by atoms with Crippen molar-refractivity contribution in [3.8, 4) is 0 Å². The van der Waals surface area contributed by atoms with Crippen molar-refractivity contribution >= 4 is 5.91 Å². The quantitative estimate of drug-likeness (QED) is 0.754. The van der Waals surface area contributed by atoms with Crippen LogP contribution in [0.2, 0.25) is 0 Å². The lowest BCUT2D eigenvalue weighted by Crippen LogP contribution is -2.47. The molecule has 1 unspecified atom stereocenters. The Labute approximate surface area is 98.8 Å². The van der Waals surface area contributed by atoms with Crippen molar-refractivity contribution in [2.24, 2.45) is 11.8 Å². The maximum absolute atomic E-state index is 12.3. The summed E-state index contributed by atoms with van der Waals surface area (Å²) in [5.74, 6) is 0.761. The second-order valence-corrected chi connectivity index (χ2v) is 5.23. The number of carbonyl (C=O) groups excluding carboxylic acids is 1. The van der Waals surface area contributed by atoms with E-state index in [2.05, 4.69) is 13.8 Å². The number of aliphatic hydroxyl groups excluding tert-OH is 1. The Morgan fingerprint density at radius 2 is 2.00 bits per heavy atom. The molecule has 0 radical (unpaired) electrons. The summed E-state index contributed by atoms with van der Waals surface area (Å²) in [4.78, 5) is 14.3. The van der Waals surface area contributed by atoms with Gasteiger partial charge in [-0.25, -0.2) is 0 Å². The molecule has 1 fully saturated rings. The van der Waals surface area contributed by atoms with Crippen LogP contribution in [-0.4, -0.2) is 35.1 Å². The number of hydrogen-bond donors (Lipinski definition) is 1. The zero-order chi connectivity index (χ0) is 12.1. The second-order valence-electron chi connectivity index (χ2n) is 5.23. The van der Waals surface area contributed by atoms with Crippen LogP contribution in [0.3, 0.4) is 0 Å². The van der Waals surface area contributed by atoms with E-state index >= 15 is 0 Å². The summed E-state index contributed by atoms with van der Waals surface area (Å²) in [6.45, 7) is 7.09. The zero-order valence-corrected chi connectivity index (χ0v) is 10.8. The molecule has 94 valence electrons. The van der Waals surface area contributed by atoms with Gasteiger partial charge >= 0.3 is 0 Å². The average molecular weight is 227 g/mol. The molecule has 0 aromatic carbocycles. The molecule has 0 bridgehead atoms. The molecule has 0 aliphatic heterocycles. The molecule has 0 spiro atoms. The summed E-state index contributed by atoms with van der Waals surface area (Å²) in [5.41, 5.74) is 0. The first-order valence-electron chi connectivity index (χ1n) is 6.49. The number of amides is 1. The van der Waals surface area contributed by atoms with Crippen LogP contribution < -0.4 is 0 Å². The maximum Gasteiger partial charge on any atom is 0.225 e. The predicted octanol–water partition coefficient (Wildman–Crippen LogP) is 2.04. The molecule has 1 N–H and O–H groups in total. The fourth-order valence-electron chi connectivity index (χ4n) is 1.96. The Morgan fingerprint density at radius 3 is 2.38 bits per heavy atom. The lowest BCUT2D eigenvalue weighted by atomic mass is 9.88. The van der Waals surface area contributed by atoms with Gasteiger partial charge in [0.25, 0.3) is 0 Å². The van der Waals surface area contributed by atoms with Gasteiger partial charge in [0.05, 0.1) is 0 Å². The van der Waals surface area contributed by atoms with Crippen LogP contribution in [0.5, 0.6) is 0 Å². The summed E-state index contributed by atoms with van der Waals surface area (Å²) in [7, 11) is 0. The minimum absolute atomic E-state index is 0.0966. The highest BCUT2D eigenvalue weighted by Crippen LogP contribution is 2.27. The normalized spacial score (nSPS) is 18.3. The molecule has 0 aromatic rings. The first-order valence-corrected chi connectivity index (χ1v) is 6.49. The van der Waals surface area contributed by atoms with Gasteiger partial charge in [-0.05, 0) is 31.6 Å². The summed E-state index contributed by atoms with van der Waals surface area (Å²) < 4.78 is 0. The second kappa shape index (κ2) is 6.24. The Morgan fingerprint density at radius 1 is 1.38 bits per heavy atom. The zero-order valence-electron chi connectivity index (χ0n) is 10.8. The molecular formula is C13H25NO2. The van der Waals surface area contributed by atoms with Crippen molar-refractivity contribution in [2.45, 2.75) is 52.5 Å².